The number of carbonyl (C=O) groups excluding carboxylic acids is 1. The summed E-state index contributed by atoms with van der Waals surface area (Å²) < 4.78 is 81.9. The first-order valence-corrected chi connectivity index (χ1v) is 15.7. The number of halogens is 5. The number of aromatic nitrogens is 3. The summed E-state index contributed by atoms with van der Waals surface area (Å²) in [5.74, 6) is -12.0. The van der Waals surface area contributed by atoms with Gasteiger partial charge in [-0.25, -0.2) is 26.9 Å². The van der Waals surface area contributed by atoms with Crippen LogP contribution in [0.4, 0.5) is 22.0 Å². The molecule has 8 nitrogen and oxygen atoms in total. The zero-order chi connectivity index (χ0) is 33.8. The number of aromatic amines is 1. The topological polar surface area (TPSA) is 109 Å². The van der Waals surface area contributed by atoms with Crippen LogP contribution in [-0.4, -0.2) is 38.1 Å². The maximum atomic E-state index is 14.2. The van der Waals surface area contributed by atoms with E-state index >= 15 is 0 Å². The monoisotopic (exact) mass is 682 g/mol. The van der Waals surface area contributed by atoms with Crippen LogP contribution < -0.4 is 5.32 Å². The van der Waals surface area contributed by atoms with E-state index < -0.39 is 46.8 Å². The van der Waals surface area contributed by atoms with E-state index in [0.29, 0.717) is 28.5 Å². The molecule has 0 unspecified atom stereocenters. The van der Waals surface area contributed by atoms with Crippen molar-refractivity contribution in [3.8, 4) is 11.1 Å². The van der Waals surface area contributed by atoms with Crippen molar-refractivity contribution in [3.63, 3.8) is 0 Å². The number of hydrogen-bond donors (Lipinski definition) is 3. The van der Waals surface area contributed by atoms with Crippen LogP contribution in [0.2, 0.25) is 0 Å². The Morgan fingerprint density at radius 1 is 0.875 bits per heavy atom. The van der Waals surface area contributed by atoms with Crippen LogP contribution in [0, 0.1) is 29.1 Å². The van der Waals surface area contributed by atoms with E-state index in [0.717, 1.165) is 22.3 Å². The molecular weight excluding hydrogens is 655 g/mol. The second kappa shape index (κ2) is 14.6. The van der Waals surface area contributed by atoms with E-state index in [1.807, 2.05) is 48.5 Å². The summed E-state index contributed by atoms with van der Waals surface area (Å²) in [5, 5.41) is 19.1. The van der Waals surface area contributed by atoms with Gasteiger partial charge in [0.05, 0.1) is 18.8 Å². The van der Waals surface area contributed by atoms with Crippen molar-refractivity contribution in [2.75, 3.05) is 5.75 Å². The number of rotatable bonds is 10. The first-order valence-electron chi connectivity index (χ1n) is 14.7. The van der Waals surface area contributed by atoms with E-state index in [1.54, 1.807) is 24.3 Å². The molecule has 1 aliphatic heterocycles. The SMILES string of the molecule is O=C(NCc1ccccc1-c1ccc([C@@H]2O[C@H](CSc3ncn[nH]3)C[C@H](c3ccc(CO)cc3)O2)cc1)c1c(F)c(F)c(F)c(F)c1F. The highest BCUT2D eigenvalue weighted by atomic mass is 32.2. The van der Waals surface area contributed by atoms with Crippen molar-refractivity contribution in [1.29, 1.82) is 0 Å². The molecule has 1 saturated heterocycles. The highest BCUT2D eigenvalue weighted by Gasteiger charge is 2.33. The molecule has 0 bridgehead atoms. The number of amides is 1. The van der Waals surface area contributed by atoms with Gasteiger partial charge >= 0.3 is 0 Å². The lowest BCUT2D eigenvalue weighted by Gasteiger charge is -2.36. The van der Waals surface area contributed by atoms with Crippen molar-refractivity contribution in [3.05, 3.63) is 136 Å². The first kappa shape index (κ1) is 33.3. The van der Waals surface area contributed by atoms with Crippen LogP contribution in [0.25, 0.3) is 11.1 Å². The molecule has 1 amide bonds. The minimum absolute atomic E-state index is 0.0683. The maximum absolute atomic E-state index is 14.2. The first-order chi connectivity index (χ1) is 23.2. The fourth-order valence-corrected chi connectivity index (χ4v) is 6.10. The number of nitrogens with one attached hydrogen (secondary N) is 2. The van der Waals surface area contributed by atoms with E-state index in [-0.39, 0.29) is 25.4 Å². The van der Waals surface area contributed by atoms with Gasteiger partial charge in [-0.1, -0.05) is 84.6 Å². The number of aliphatic hydroxyl groups is 1. The van der Waals surface area contributed by atoms with Crippen LogP contribution in [-0.2, 0) is 22.6 Å². The Morgan fingerprint density at radius 2 is 1.54 bits per heavy atom. The number of carbonyl (C=O) groups is 1. The van der Waals surface area contributed by atoms with Crippen molar-refractivity contribution in [1.82, 2.24) is 20.5 Å². The fraction of sp³-hybridized carbons (Fsp3) is 0.206. The molecule has 1 fully saturated rings. The van der Waals surface area contributed by atoms with E-state index in [1.165, 1.54) is 18.1 Å². The average molecular weight is 683 g/mol. The molecule has 3 atom stereocenters. The molecule has 248 valence electrons. The Morgan fingerprint density at radius 3 is 2.21 bits per heavy atom. The van der Waals surface area contributed by atoms with Gasteiger partial charge in [0.15, 0.2) is 34.7 Å². The minimum Gasteiger partial charge on any atom is -0.392 e. The molecule has 3 N–H and O–H groups in total. The number of benzene rings is 4. The van der Waals surface area contributed by atoms with Crippen LogP contribution in [0.15, 0.2) is 84.3 Å². The van der Waals surface area contributed by atoms with Gasteiger partial charge in [-0.05, 0) is 27.8 Å². The van der Waals surface area contributed by atoms with Crippen molar-refractivity contribution < 1.29 is 41.3 Å². The molecule has 0 radical (unpaired) electrons. The second-order valence-electron chi connectivity index (χ2n) is 10.9. The lowest BCUT2D eigenvalue weighted by molar-refractivity contribution is -0.245. The highest BCUT2D eigenvalue weighted by Crippen LogP contribution is 2.40. The second-order valence-corrected chi connectivity index (χ2v) is 11.9. The smallest absolute Gasteiger partial charge is 0.257 e. The van der Waals surface area contributed by atoms with Crippen molar-refractivity contribution >= 4 is 17.7 Å². The van der Waals surface area contributed by atoms with Gasteiger partial charge in [0, 0.05) is 24.3 Å². The number of nitrogens with zero attached hydrogens (tertiary/aromatic N) is 2. The maximum Gasteiger partial charge on any atom is 0.257 e. The van der Waals surface area contributed by atoms with Crippen LogP contribution >= 0.6 is 11.8 Å². The average Bonchev–Trinajstić information content (AvgIpc) is 3.65. The van der Waals surface area contributed by atoms with Gasteiger partial charge in [-0.15, -0.1) is 0 Å². The molecule has 0 saturated carbocycles. The van der Waals surface area contributed by atoms with Crippen LogP contribution in [0.1, 0.15) is 51.4 Å². The van der Waals surface area contributed by atoms with E-state index in [2.05, 4.69) is 20.5 Å². The van der Waals surface area contributed by atoms with E-state index in [4.69, 9.17) is 9.47 Å². The van der Waals surface area contributed by atoms with E-state index in [9.17, 15) is 31.9 Å². The molecule has 48 heavy (non-hydrogen) atoms. The quantitative estimate of drug-likeness (QED) is 0.0635. The summed E-state index contributed by atoms with van der Waals surface area (Å²) >= 11 is 1.48. The summed E-state index contributed by atoms with van der Waals surface area (Å²) in [7, 11) is 0. The Hall–Kier alpha value is -4.63. The molecule has 0 spiro atoms. The van der Waals surface area contributed by atoms with Gasteiger partial charge < -0.3 is 19.9 Å². The van der Waals surface area contributed by atoms with Crippen molar-refractivity contribution in [2.45, 2.75) is 43.2 Å². The van der Waals surface area contributed by atoms with Crippen LogP contribution in [0.5, 0.6) is 0 Å². The zero-order valence-electron chi connectivity index (χ0n) is 24.9. The Balaban J connectivity index is 1.19. The van der Waals surface area contributed by atoms with Gasteiger partial charge in [0.2, 0.25) is 5.82 Å². The lowest BCUT2D eigenvalue weighted by atomic mass is 9.97. The zero-order valence-corrected chi connectivity index (χ0v) is 25.7. The fourth-order valence-electron chi connectivity index (χ4n) is 5.30. The Bertz CT molecular complexity index is 1870. The van der Waals surface area contributed by atoms with Gasteiger partial charge in [-0.3, -0.25) is 9.89 Å². The molecule has 1 aromatic heterocycles. The van der Waals surface area contributed by atoms with Crippen molar-refractivity contribution in [2.24, 2.45) is 0 Å². The molecule has 2 heterocycles. The number of ether oxygens (including phenoxy) is 2. The molecule has 6 rings (SSSR count). The third kappa shape index (κ3) is 7.11. The lowest BCUT2D eigenvalue weighted by Crippen LogP contribution is -2.31. The number of thioether (sulfide) groups is 1. The summed E-state index contributed by atoms with van der Waals surface area (Å²) in [4.78, 5) is 16.7. The Kier molecular flexibility index (Phi) is 10.2. The standard InChI is InChI=1S/C34H27F5N4O4S/c35-27-26(28(36)30(38)31(39)29(27)37)32(45)40-14-22-3-1-2-4-24(22)19-9-11-21(12-10-19)33-46-23(16-48-34-41-17-42-43-34)13-25(47-33)20-7-5-18(15-44)6-8-20/h1-12,17,23,25,33,44H,13-16H2,(H,40,45)(H,41,42,43)/t23-,25+,33+/m0/s1. The molecule has 4 aromatic carbocycles. The molecule has 5 aromatic rings. The Labute approximate surface area is 275 Å². The van der Waals surface area contributed by atoms with Gasteiger partial charge in [0.25, 0.3) is 5.91 Å². The largest absolute Gasteiger partial charge is 0.392 e. The number of H-pyrrole nitrogens is 1. The molecular formula is C34H27F5N4O4S. The predicted molar refractivity (Wildman–Crippen MR) is 165 cm³/mol. The number of aliphatic hydroxyl groups excluding tert-OH is 1. The third-order valence-electron chi connectivity index (χ3n) is 7.80. The summed E-state index contributed by atoms with van der Waals surface area (Å²) in [6, 6.07) is 21.7. The molecule has 0 aliphatic carbocycles. The third-order valence-corrected chi connectivity index (χ3v) is 8.81. The summed E-state index contributed by atoms with van der Waals surface area (Å²) in [6.07, 6.45) is 0.800. The normalized spacial score (nSPS) is 17.8. The van der Waals surface area contributed by atoms with Crippen LogP contribution in [0.3, 0.4) is 0 Å². The summed E-state index contributed by atoms with van der Waals surface area (Å²) in [6.45, 7) is -0.326. The molecule has 1 aliphatic rings. The predicted octanol–water partition coefficient (Wildman–Crippen LogP) is 6.93. The minimum atomic E-state index is -2.34. The summed E-state index contributed by atoms with van der Waals surface area (Å²) in [5.41, 5.74) is 2.83. The highest BCUT2D eigenvalue weighted by molar-refractivity contribution is 7.99. The van der Waals surface area contributed by atoms with Gasteiger partial charge in [-0.2, -0.15) is 5.10 Å². The molecule has 14 heteroatoms. The van der Waals surface area contributed by atoms with Gasteiger partial charge in [0.1, 0.15) is 11.9 Å². The number of hydrogen-bond acceptors (Lipinski definition) is 7.